The standard InChI is InChI=1S/C12H15BrN2O5/c1-3-14-12(2,11(16)17)7-20-10-5-8(13)4-9(6-10)15(18)19/h4-6,14H,3,7H2,1-2H3,(H,16,17). The summed E-state index contributed by atoms with van der Waals surface area (Å²) in [6.45, 7) is 3.59. The van der Waals surface area contributed by atoms with Crippen LogP contribution >= 0.6 is 15.9 Å². The van der Waals surface area contributed by atoms with Crippen molar-refractivity contribution in [3.63, 3.8) is 0 Å². The van der Waals surface area contributed by atoms with Gasteiger partial charge in [-0.3, -0.25) is 20.2 Å². The number of nitrogens with zero attached hydrogens (tertiary/aromatic N) is 1. The number of likely N-dealkylation sites (N-methyl/N-ethyl adjacent to an activating group) is 1. The molecule has 0 saturated heterocycles. The number of aliphatic carboxylic acids is 1. The maximum Gasteiger partial charge on any atom is 0.327 e. The molecule has 0 aromatic heterocycles. The molecule has 0 spiro atoms. The van der Waals surface area contributed by atoms with Crippen molar-refractivity contribution in [2.45, 2.75) is 19.4 Å². The van der Waals surface area contributed by atoms with Gasteiger partial charge >= 0.3 is 5.97 Å². The molecule has 110 valence electrons. The van der Waals surface area contributed by atoms with Crippen LogP contribution in [0.5, 0.6) is 5.75 Å². The van der Waals surface area contributed by atoms with Crippen LogP contribution in [0.1, 0.15) is 13.8 Å². The minimum Gasteiger partial charge on any atom is -0.491 e. The van der Waals surface area contributed by atoms with Crippen LogP contribution in [-0.2, 0) is 4.79 Å². The Morgan fingerprint density at radius 1 is 1.55 bits per heavy atom. The number of carboxylic acid groups (broad SMARTS) is 1. The molecule has 0 aliphatic rings. The van der Waals surface area contributed by atoms with Crippen molar-refractivity contribution in [1.82, 2.24) is 5.32 Å². The van der Waals surface area contributed by atoms with E-state index < -0.39 is 16.4 Å². The predicted octanol–water partition coefficient (Wildman–Crippen LogP) is 2.19. The highest BCUT2D eigenvalue weighted by Gasteiger charge is 2.33. The number of non-ortho nitro benzene ring substituents is 1. The molecule has 1 aromatic rings. The van der Waals surface area contributed by atoms with Crippen molar-refractivity contribution in [2.75, 3.05) is 13.2 Å². The first-order valence-corrected chi connectivity index (χ1v) is 6.64. The van der Waals surface area contributed by atoms with E-state index in [1.165, 1.54) is 19.1 Å². The summed E-state index contributed by atoms with van der Waals surface area (Å²) in [7, 11) is 0. The second-order valence-electron chi connectivity index (χ2n) is 4.36. The van der Waals surface area contributed by atoms with Crippen molar-refractivity contribution in [3.8, 4) is 5.75 Å². The summed E-state index contributed by atoms with van der Waals surface area (Å²) in [5, 5.41) is 22.7. The molecule has 0 heterocycles. The van der Waals surface area contributed by atoms with Gasteiger partial charge in [0.1, 0.15) is 17.9 Å². The maximum atomic E-state index is 11.2. The zero-order valence-corrected chi connectivity index (χ0v) is 12.6. The fraction of sp³-hybridized carbons (Fsp3) is 0.417. The van der Waals surface area contributed by atoms with E-state index in [1.807, 2.05) is 0 Å². The Morgan fingerprint density at radius 2 is 2.20 bits per heavy atom. The second kappa shape index (κ2) is 6.67. The smallest absolute Gasteiger partial charge is 0.327 e. The van der Waals surface area contributed by atoms with Crippen molar-refractivity contribution < 1.29 is 19.6 Å². The summed E-state index contributed by atoms with van der Waals surface area (Å²) >= 11 is 3.15. The Kier molecular flexibility index (Phi) is 5.46. The molecule has 0 radical (unpaired) electrons. The van der Waals surface area contributed by atoms with Gasteiger partial charge in [0, 0.05) is 10.5 Å². The molecule has 1 atom stereocenters. The average molecular weight is 347 g/mol. The van der Waals surface area contributed by atoms with E-state index in [9.17, 15) is 20.0 Å². The largest absolute Gasteiger partial charge is 0.491 e. The maximum absolute atomic E-state index is 11.2. The van der Waals surface area contributed by atoms with Gasteiger partial charge in [-0.2, -0.15) is 0 Å². The van der Waals surface area contributed by atoms with Gasteiger partial charge in [0.25, 0.3) is 5.69 Å². The van der Waals surface area contributed by atoms with Gasteiger partial charge in [-0.1, -0.05) is 22.9 Å². The lowest BCUT2D eigenvalue weighted by atomic mass is 10.0. The van der Waals surface area contributed by atoms with E-state index in [-0.39, 0.29) is 18.0 Å². The van der Waals surface area contributed by atoms with Gasteiger partial charge in [0.15, 0.2) is 0 Å². The zero-order valence-electron chi connectivity index (χ0n) is 11.1. The van der Waals surface area contributed by atoms with Gasteiger partial charge in [-0.15, -0.1) is 0 Å². The van der Waals surface area contributed by atoms with Crippen LogP contribution in [0.15, 0.2) is 22.7 Å². The van der Waals surface area contributed by atoms with Crippen molar-refractivity contribution >= 4 is 27.6 Å². The molecule has 0 amide bonds. The Bertz CT molecular complexity index is 523. The highest BCUT2D eigenvalue weighted by atomic mass is 79.9. The van der Waals surface area contributed by atoms with E-state index >= 15 is 0 Å². The molecule has 0 bridgehead atoms. The van der Waals surface area contributed by atoms with Crippen molar-refractivity contribution in [1.29, 1.82) is 0 Å². The number of benzene rings is 1. The summed E-state index contributed by atoms with van der Waals surface area (Å²) < 4.78 is 5.87. The van der Waals surface area contributed by atoms with E-state index in [1.54, 1.807) is 13.0 Å². The number of hydrogen-bond donors (Lipinski definition) is 2. The molecule has 7 nitrogen and oxygen atoms in total. The van der Waals surface area contributed by atoms with Gasteiger partial charge in [0.05, 0.1) is 11.0 Å². The molecule has 8 heteroatoms. The minimum absolute atomic E-state index is 0.130. The van der Waals surface area contributed by atoms with Crippen molar-refractivity contribution in [3.05, 3.63) is 32.8 Å². The number of hydrogen-bond acceptors (Lipinski definition) is 5. The lowest BCUT2D eigenvalue weighted by molar-refractivity contribution is -0.385. The molecule has 20 heavy (non-hydrogen) atoms. The molecule has 0 aliphatic heterocycles. The third-order valence-electron chi connectivity index (χ3n) is 2.63. The number of nitro groups is 1. The molecule has 0 fully saturated rings. The summed E-state index contributed by atoms with van der Waals surface area (Å²) in [5.41, 5.74) is -1.39. The lowest BCUT2D eigenvalue weighted by Gasteiger charge is -2.25. The number of rotatable bonds is 7. The Labute approximate surface area is 124 Å². The van der Waals surface area contributed by atoms with Gasteiger partial charge in [-0.25, -0.2) is 0 Å². The van der Waals surface area contributed by atoms with Crippen LogP contribution in [0.25, 0.3) is 0 Å². The van der Waals surface area contributed by atoms with Gasteiger partial charge < -0.3 is 9.84 Å². The minimum atomic E-state index is -1.26. The number of nitrogens with one attached hydrogen (secondary N) is 1. The number of halogens is 1. The molecule has 1 rings (SSSR count). The molecule has 0 aliphatic carbocycles. The molecular formula is C12H15BrN2O5. The molecule has 1 unspecified atom stereocenters. The second-order valence-corrected chi connectivity index (χ2v) is 5.27. The quantitative estimate of drug-likeness (QED) is 0.579. The zero-order chi connectivity index (χ0) is 15.3. The Balaban J connectivity index is 2.88. The summed E-state index contributed by atoms with van der Waals surface area (Å²) in [5.74, 6) is -0.819. The van der Waals surface area contributed by atoms with Gasteiger partial charge in [-0.05, 0) is 19.5 Å². The fourth-order valence-corrected chi connectivity index (χ4v) is 2.00. The molecule has 0 saturated carbocycles. The lowest BCUT2D eigenvalue weighted by Crippen LogP contribution is -2.53. The summed E-state index contributed by atoms with van der Waals surface area (Å²) in [6.07, 6.45) is 0. The highest BCUT2D eigenvalue weighted by Crippen LogP contribution is 2.26. The van der Waals surface area contributed by atoms with Crippen LogP contribution in [0, 0.1) is 10.1 Å². The number of carbonyl (C=O) groups is 1. The summed E-state index contributed by atoms with van der Waals surface area (Å²) in [4.78, 5) is 21.4. The first kappa shape index (κ1) is 16.4. The highest BCUT2D eigenvalue weighted by molar-refractivity contribution is 9.10. The van der Waals surface area contributed by atoms with Crippen molar-refractivity contribution in [2.24, 2.45) is 0 Å². The number of ether oxygens (including phenoxy) is 1. The third kappa shape index (κ3) is 4.17. The summed E-state index contributed by atoms with van der Waals surface area (Å²) in [6, 6.07) is 4.13. The predicted molar refractivity (Wildman–Crippen MR) is 76.0 cm³/mol. The fourth-order valence-electron chi connectivity index (χ4n) is 1.54. The SMILES string of the molecule is CCNC(C)(COc1cc(Br)cc([N+](=O)[O-])c1)C(=O)O. The first-order valence-electron chi connectivity index (χ1n) is 5.84. The van der Waals surface area contributed by atoms with Crippen LogP contribution in [-0.4, -0.2) is 34.7 Å². The normalized spacial score (nSPS) is 13.6. The Morgan fingerprint density at radius 3 is 2.70 bits per heavy atom. The van der Waals surface area contributed by atoms with Crippen LogP contribution in [0.4, 0.5) is 5.69 Å². The molecule has 1 aromatic carbocycles. The van der Waals surface area contributed by atoms with E-state index in [2.05, 4.69) is 21.2 Å². The first-order chi connectivity index (χ1) is 9.28. The van der Waals surface area contributed by atoms with E-state index in [0.717, 1.165) is 0 Å². The monoisotopic (exact) mass is 346 g/mol. The Hall–Kier alpha value is -1.67. The van der Waals surface area contributed by atoms with Crippen LogP contribution in [0.3, 0.4) is 0 Å². The van der Waals surface area contributed by atoms with E-state index in [0.29, 0.717) is 11.0 Å². The molecular weight excluding hydrogens is 332 g/mol. The molecule has 2 N–H and O–H groups in total. The van der Waals surface area contributed by atoms with Gasteiger partial charge in [0.2, 0.25) is 0 Å². The van der Waals surface area contributed by atoms with Crippen LogP contribution in [0.2, 0.25) is 0 Å². The number of carboxylic acids is 1. The third-order valence-corrected chi connectivity index (χ3v) is 3.09. The average Bonchev–Trinajstić information content (AvgIpc) is 2.36. The van der Waals surface area contributed by atoms with E-state index in [4.69, 9.17) is 4.74 Å². The topological polar surface area (TPSA) is 102 Å². The van der Waals surface area contributed by atoms with Crippen LogP contribution < -0.4 is 10.1 Å². The number of nitro benzene ring substituents is 1.